The highest BCUT2D eigenvalue weighted by Crippen LogP contribution is 2.79. The van der Waals surface area contributed by atoms with E-state index < -0.39 is 0 Å². The molecule has 0 N–H and O–H groups in total. The molecule has 2 heteroatoms. The second-order valence-corrected chi connectivity index (χ2v) is 20.1. The van der Waals surface area contributed by atoms with Crippen LogP contribution in [-0.4, -0.2) is 34.0 Å². The van der Waals surface area contributed by atoms with Crippen LogP contribution in [0.3, 0.4) is 0 Å². The third-order valence-electron chi connectivity index (χ3n) is 12.3. The minimum absolute atomic E-state index is 0.355. The molecule has 10 rings (SSSR count). The molecule has 4 unspecified atom stereocenters. The zero-order valence-electron chi connectivity index (χ0n) is 19.2. The van der Waals surface area contributed by atoms with Crippen LogP contribution >= 0.6 is 15.8 Å². The fraction of sp³-hybridized carbons (Fsp3) is 1.00. The van der Waals surface area contributed by atoms with E-state index in [2.05, 4.69) is 0 Å². The van der Waals surface area contributed by atoms with Crippen LogP contribution in [0, 0.1) is 35.5 Å². The Morgan fingerprint density at radius 1 is 0.433 bits per heavy atom. The van der Waals surface area contributed by atoms with Crippen molar-refractivity contribution in [2.45, 2.75) is 124 Å². The van der Waals surface area contributed by atoms with E-state index in [1.807, 2.05) is 0 Å². The van der Waals surface area contributed by atoms with Gasteiger partial charge in [-0.3, -0.25) is 0 Å². The van der Waals surface area contributed by atoms with E-state index >= 15 is 0 Å². The van der Waals surface area contributed by atoms with Crippen molar-refractivity contribution in [3.8, 4) is 0 Å². The quantitative estimate of drug-likeness (QED) is 0.386. The van der Waals surface area contributed by atoms with Gasteiger partial charge in [-0.25, -0.2) is 0 Å². The predicted octanol–water partition coefficient (Wildman–Crippen LogP) is 8.21. The molecule has 4 atom stereocenters. The van der Waals surface area contributed by atoms with Crippen LogP contribution in [0.4, 0.5) is 0 Å². The average molecular weight is 443 g/mol. The molecule has 0 nitrogen and oxygen atoms in total. The summed E-state index contributed by atoms with van der Waals surface area (Å²) in [4.78, 5) is 0. The highest BCUT2D eigenvalue weighted by atomic mass is 31.1. The zero-order valence-corrected chi connectivity index (χ0v) is 21.0. The van der Waals surface area contributed by atoms with E-state index in [1.54, 1.807) is 115 Å². The Bertz CT molecular complexity index is 581. The van der Waals surface area contributed by atoms with Gasteiger partial charge < -0.3 is 0 Å². The van der Waals surface area contributed by atoms with Gasteiger partial charge in [0.15, 0.2) is 0 Å². The Kier molecular flexibility index (Phi) is 4.30. The summed E-state index contributed by atoms with van der Waals surface area (Å²) in [5.41, 5.74) is 2.50. The van der Waals surface area contributed by atoms with Crippen LogP contribution in [0.25, 0.3) is 0 Å². The minimum atomic E-state index is 0.355. The van der Waals surface area contributed by atoms with Crippen molar-refractivity contribution in [1.29, 1.82) is 0 Å². The van der Waals surface area contributed by atoms with E-state index in [9.17, 15) is 0 Å². The summed E-state index contributed by atoms with van der Waals surface area (Å²) >= 11 is 0. The summed E-state index contributed by atoms with van der Waals surface area (Å²) in [5, 5.41) is 1.83. The first-order valence-corrected chi connectivity index (χ1v) is 17.4. The summed E-state index contributed by atoms with van der Waals surface area (Å²) < 4.78 is 0. The molecule has 0 radical (unpaired) electrons. The molecule has 8 saturated carbocycles. The lowest BCUT2D eigenvalue weighted by molar-refractivity contribution is 0.0345. The first-order chi connectivity index (χ1) is 14.7. The third kappa shape index (κ3) is 2.71. The average Bonchev–Trinajstić information content (AvgIpc) is 3.36. The largest absolute Gasteiger partial charge is 0.0965 e. The fourth-order valence-corrected chi connectivity index (χ4v) is 22.5. The van der Waals surface area contributed by atoms with Gasteiger partial charge in [-0.1, -0.05) is 15.8 Å². The van der Waals surface area contributed by atoms with E-state index in [0.29, 0.717) is 15.8 Å². The van der Waals surface area contributed by atoms with Crippen LogP contribution in [-0.2, 0) is 0 Å². The first-order valence-electron chi connectivity index (χ1n) is 14.2. The molecule has 10 aliphatic rings. The van der Waals surface area contributed by atoms with Gasteiger partial charge in [0, 0.05) is 0 Å². The van der Waals surface area contributed by atoms with Crippen molar-refractivity contribution < 1.29 is 0 Å². The molecule has 0 amide bonds. The molecule has 2 heterocycles. The van der Waals surface area contributed by atoms with E-state index in [0.717, 1.165) is 10.3 Å². The lowest BCUT2D eigenvalue weighted by Crippen LogP contribution is -2.52. The van der Waals surface area contributed by atoms with Gasteiger partial charge in [0.05, 0.1) is 0 Å². The third-order valence-corrected chi connectivity index (χ3v) is 20.5. The van der Waals surface area contributed by atoms with Crippen molar-refractivity contribution in [3.05, 3.63) is 0 Å². The standard InChI is InChI=1S/C28H44P2/c1-3-25(29(5-1)27-13-19-7-20(14-27)9-21(8-19)15-27)26-4-2-6-30(26)28-16-22-10-23(17-28)12-24(11-22)18-28/h19-26H,1-18H2. The molecule has 30 heavy (non-hydrogen) atoms. The Balaban J connectivity index is 1.10. The summed E-state index contributed by atoms with van der Waals surface area (Å²) in [5.74, 6) is 7.05. The van der Waals surface area contributed by atoms with Crippen molar-refractivity contribution in [3.63, 3.8) is 0 Å². The van der Waals surface area contributed by atoms with Gasteiger partial charge >= 0.3 is 0 Å². The van der Waals surface area contributed by atoms with Crippen LogP contribution in [0.15, 0.2) is 0 Å². The molecule has 166 valence electrons. The maximum Gasteiger partial charge on any atom is -0.00838 e. The van der Waals surface area contributed by atoms with Crippen molar-refractivity contribution in [2.75, 3.05) is 12.3 Å². The zero-order chi connectivity index (χ0) is 19.5. The topological polar surface area (TPSA) is 0 Å². The molecule has 8 aliphatic carbocycles. The summed E-state index contributed by atoms with van der Waals surface area (Å²) in [6.45, 7) is 0. The normalized spacial score (nSPS) is 63.2. The van der Waals surface area contributed by atoms with Gasteiger partial charge in [-0.05, 0) is 172 Å². The summed E-state index contributed by atoms with van der Waals surface area (Å²) in [6, 6.07) is 0. The molecule has 0 aromatic rings. The van der Waals surface area contributed by atoms with E-state index in [4.69, 9.17) is 0 Å². The minimum Gasteiger partial charge on any atom is -0.0965 e. The Hall–Kier alpha value is 0.860. The predicted molar refractivity (Wildman–Crippen MR) is 131 cm³/mol. The SMILES string of the molecule is C1CC(C2CCCP2C23CC4CC(CC(C4)C2)C3)P(C23CC4CC(CC(C4)C2)C3)C1. The van der Waals surface area contributed by atoms with Gasteiger partial charge in [0.25, 0.3) is 0 Å². The maximum absolute atomic E-state index is 1.71. The van der Waals surface area contributed by atoms with Crippen molar-refractivity contribution in [2.24, 2.45) is 35.5 Å². The molecule has 8 bridgehead atoms. The molecule has 0 aromatic heterocycles. The van der Waals surface area contributed by atoms with Crippen LogP contribution in [0.5, 0.6) is 0 Å². The lowest BCUT2D eigenvalue weighted by atomic mass is 9.56. The van der Waals surface area contributed by atoms with E-state index in [-0.39, 0.29) is 0 Å². The van der Waals surface area contributed by atoms with Gasteiger partial charge in [0.1, 0.15) is 0 Å². The van der Waals surface area contributed by atoms with E-state index in [1.165, 1.54) is 46.8 Å². The second kappa shape index (κ2) is 6.71. The summed E-state index contributed by atoms with van der Waals surface area (Å²) in [6.07, 6.45) is 30.2. The Labute approximate surface area is 188 Å². The fourth-order valence-electron chi connectivity index (χ4n) is 12.4. The molecule has 2 aliphatic heterocycles. The highest BCUT2D eigenvalue weighted by Gasteiger charge is 2.60. The molecule has 0 aromatic carbocycles. The number of hydrogen-bond donors (Lipinski definition) is 0. The maximum atomic E-state index is 1.71. The first kappa shape index (κ1) is 19.2. The molecule has 0 spiro atoms. The molecule has 10 fully saturated rings. The van der Waals surface area contributed by atoms with Gasteiger partial charge in [-0.2, -0.15) is 0 Å². The van der Waals surface area contributed by atoms with Gasteiger partial charge in [-0.15, -0.1) is 0 Å². The molecule has 2 saturated heterocycles. The summed E-state index contributed by atoms with van der Waals surface area (Å²) in [7, 11) is 0.709. The smallest absolute Gasteiger partial charge is 0.00838 e. The van der Waals surface area contributed by atoms with Crippen LogP contribution in [0.1, 0.15) is 103 Å². The van der Waals surface area contributed by atoms with Gasteiger partial charge in [0.2, 0.25) is 0 Å². The van der Waals surface area contributed by atoms with Crippen molar-refractivity contribution >= 4 is 15.8 Å². The monoisotopic (exact) mass is 442 g/mol. The highest BCUT2D eigenvalue weighted by molar-refractivity contribution is 7.64. The van der Waals surface area contributed by atoms with Crippen LogP contribution < -0.4 is 0 Å². The van der Waals surface area contributed by atoms with Crippen molar-refractivity contribution in [1.82, 2.24) is 0 Å². The lowest BCUT2D eigenvalue weighted by Gasteiger charge is -2.62. The Morgan fingerprint density at radius 3 is 1.03 bits per heavy atom. The number of rotatable bonds is 3. The number of hydrogen-bond acceptors (Lipinski definition) is 0. The van der Waals surface area contributed by atoms with Crippen LogP contribution in [0.2, 0.25) is 0 Å². The molecular weight excluding hydrogens is 398 g/mol. The Morgan fingerprint density at radius 2 is 0.733 bits per heavy atom. The second-order valence-electron chi connectivity index (χ2n) is 14.1. The molecular formula is C28H44P2.